The van der Waals surface area contributed by atoms with Crippen LogP contribution < -0.4 is 10.6 Å². The Morgan fingerprint density at radius 3 is 2.62 bits per heavy atom. The zero-order chi connectivity index (χ0) is 15.2. The van der Waals surface area contributed by atoms with E-state index in [1.165, 1.54) is 6.07 Å². The molecule has 21 heavy (non-hydrogen) atoms. The number of anilines is 1. The highest BCUT2D eigenvalue weighted by Gasteiger charge is 2.08. The van der Waals surface area contributed by atoms with Gasteiger partial charge in [-0.2, -0.15) is 0 Å². The van der Waals surface area contributed by atoms with Crippen LogP contribution in [0.3, 0.4) is 0 Å². The van der Waals surface area contributed by atoms with Gasteiger partial charge in [-0.15, -0.1) is 0 Å². The number of hydrogen-bond donors (Lipinski definition) is 2. The molecule has 0 saturated heterocycles. The normalized spacial score (nSPS) is 10.4. The largest absolute Gasteiger partial charge is 0.322 e. The van der Waals surface area contributed by atoms with Gasteiger partial charge in [-0.1, -0.05) is 29.8 Å². The lowest BCUT2D eigenvalue weighted by Crippen LogP contribution is -2.28. The minimum atomic E-state index is -0.811. The molecule has 0 aliphatic heterocycles. The van der Waals surface area contributed by atoms with Gasteiger partial charge in [-0.25, -0.2) is 8.78 Å². The van der Waals surface area contributed by atoms with Crippen LogP contribution in [-0.4, -0.2) is 12.5 Å². The molecule has 0 aliphatic rings. The third-order valence-corrected chi connectivity index (χ3v) is 3.13. The fourth-order valence-corrected chi connectivity index (χ4v) is 1.94. The van der Waals surface area contributed by atoms with Crippen molar-refractivity contribution in [2.75, 3.05) is 11.9 Å². The van der Waals surface area contributed by atoms with Crippen molar-refractivity contribution in [3.05, 3.63) is 64.7 Å². The molecular weight excluding hydrogens is 298 g/mol. The van der Waals surface area contributed by atoms with Crippen LogP contribution in [-0.2, 0) is 11.3 Å². The molecule has 0 radical (unpaired) electrons. The maximum absolute atomic E-state index is 13.4. The molecule has 0 bridgehead atoms. The third kappa shape index (κ3) is 4.51. The Labute approximate surface area is 125 Å². The maximum Gasteiger partial charge on any atom is 0.238 e. The monoisotopic (exact) mass is 310 g/mol. The van der Waals surface area contributed by atoms with Crippen LogP contribution in [0.5, 0.6) is 0 Å². The van der Waals surface area contributed by atoms with Gasteiger partial charge in [-0.3, -0.25) is 4.79 Å². The zero-order valence-electron chi connectivity index (χ0n) is 11.0. The van der Waals surface area contributed by atoms with Gasteiger partial charge in [-0.05, 0) is 23.8 Å². The van der Waals surface area contributed by atoms with E-state index in [0.717, 1.165) is 11.6 Å². The highest BCUT2D eigenvalue weighted by atomic mass is 35.5. The smallest absolute Gasteiger partial charge is 0.238 e. The molecule has 0 fully saturated rings. The van der Waals surface area contributed by atoms with E-state index in [1.807, 2.05) is 18.2 Å². The number of hydrogen-bond acceptors (Lipinski definition) is 2. The Kier molecular flexibility index (Phi) is 5.25. The van der Waals surface area contributed by atoms with Crippen molar-refractivity contribution >= 4 is 23.2 Å². The summed E-state index contributed by atoms with van der Waals surface area (Å²) < 4.78 is 26.1. The molecular formula is C15H13ClF2N2O. The molecule has 110 valence electrons. The summed E-state index contributed by atoms with van der Waals surface area (Å²) in [5, 5.41) is 5.87. The fourth-order valence-electron chi connectivity index (χ4n) is 1.74. The Morgan fingerprint density at radius 1 is 1.14 bits per heavy atom. The number of rotatable bonds is 5. The average Bonchev–Trinajstić information content (AvgIpc) is 2.44. The lowest BCUT2D eigenvalue weighted by molar-refractivity contribution is -0.115. The predicted molar refractivity (Wildman–Crippen MR) is 78.1 cm³/mol. The number of halogens is 3. The summed E-state index contributed by atoms with van der Waals surface area (Å²) in [5.41, 5.74) is 0.806. The maximum atomic E-state index is 13.4. The van der Waals surface area contributed by atoms with Gasteiger partial charge < -0.3 is 10.6 Å². The van der Waals surface area contributed by atoms with Crippen molar-refractivity contribution in [3.63, 3.8) is 0 Å². The molecule has 0 unspecified atom stereocenters. The summed E-state index contributed by atoms with van der Waals surface area (Å²) in [6.45, 7) is 0.404. The summed E-state index contributed by atoms with van der Waals surface area (Å²) in [5.74, 6) is -1.93. The van der Waals surface area contributed by atoms with Crippen LogP contribution in [0.2, 0.25) is 5.02 Å². The highest BCUT2D eigenvalue weighted by molar-refractivity contribution is 6.31. The Morgan fingerprint density at radius 2 is 1.90 bits per heavy atom. The van der Waals surface area contributed by atoms with E-state index in [1.54, 1.807) is 6.07 Å². The second-order valence-electron chi connectivity index (χ2n) is 4.37. The summed E-state index contributed by atoms with van der Waals surface area (Å²) in [6, 6.07) is 10.2. The highest BCUT2D eigenvalue weighted by Crippen LogP contribution is 2.15. The van der Waals surface area contributed by atoms with Crippen molar-refractivity contribution in [2.24, 2.45) is 0 Å². The van der Waals surface area contributed by atoms with Crippen LogP contribution >= 0.6 is 11.6 Å². The zero-order valence-corrected chi connectivity index (χ0v) is 11.8. The Balaban J connectivity index is 1.84. The van der Waals surface area contributed by atoms with Crippen LogP contribution in [0.1, 0.15) is 5.56 Å². The first-order valence-electron chi connectivity index (χ1n) is 6.25. The van der Waals surface area contributed by atoms with Gasteiger partial charge in [0.1, 0.15) is 11.6 Å². The Bertz CT molecular complexity index is 649. The third-order valence-electron chi connectivity index (χ3n) is 2.76. The van der Waals surface area contributed by atoms with Gasteiger partial charge in [0.25, 0.3) is 0 Å². The summed E-state index contributed by atoms with van der Waals surface area (Å²) in [7, 11) is 0. The predicted octanol–water partition coefficient (Wildman–Crippen LogP) is 3.35. The topological polar surface area (TPSA) is 41.1 Å². The van der Waals surface area contributed by atoms with E-state index in [-0.39, 0.29) is 12.2 Å². The molecule has 0 aliphatic carbocycles. The number of carbonyl (C=O) groups is 1. The van der Waals surface area contributed by atoms with Crippen molar-refractivity contribution < 1.29 is 13.6 Å². The van der Waals surface area contributed by atoms with Crippen molar-refractivity contribution in [2.45, 2.75) is 6.54 Å². The van der Waals surface area contributed by atoms with Crippen LogP contribution in [0.15, 0.2) is 42.5 Å². The molecule has 2 aromatic carbocycles. The molecule has 2 N–H and O–H groups in total. The number of carbonyl (C=O) groups excluding carboxylic acids is 1. The van der Waals surface area contributed by atoms with Crippen LogP contribution in [0.4, 0.5) is 14.5 Å². The first-order chi connectivity index (χ1) is 10.1. The first kappa shape index (κ1) is 15.4. The molecule has 0 spiro atoms. The molecule has 6 heteroatoms. The molecule has 2 aromatic rings. The fraction of sp³-hybridized carbons (Fsp3) is 0.133. The quantitative estimate of drug-likeness (QED) is 0.889. The molecule has 1 amide bonds. The van der Waals surface area contributed by atoms with Crippen molar-refractivity contribution in [1.29, 1.82) is 0 Å². The van der Waals surface area contributed by atoms with E-state index in [0.29, 0.717) is 17.6 Å². The van der Waals surface area contributed by atoms with Crippen molar-refractivity contribution in [1.82, 2.24) is 5.32 Å². The standard InChI is InChI=1S/C15H13ClF2N2O/c16-12-4-2-1-3-10(12)8-19-9-15(21)20-14-6-5-11(17)7-13(14)18/h1-7,19H,8-9H2,(H,20,21). The lowest BCUT2D eigenvalue weighted by Gasteiger charge is -2.08. The second kappa shape index (κ2) is 7.15. The molecule has 0 aromatic heterocycles. The molecule has 3 nitrogen and oxygen atoms in total. The van der Waals surface area contributed by atoms with E-state index in [4.69, 9.17) is 11.6 Å². The molecule has 0 heterocycles. The second-order valence-corrected chi connectivity index (χ2v) is 4.77. The number of nitrogens with one attached hydrogen (secondary N) is 2. The lowest BCUT2D eigenvalue weighted by atomic mass is 10.2. The van der Waals surface area contributed by atoms with Crippen LogP contribution in [0.25, 0.3) is 0 Å². The van der Waals surface area contributed by atoms with Gasteiger partial charge in [0.05, 0.1) is 12.2 Å². The average molecular weight is 311 g/mol. The summed E-state index contributed by atoms with van der Waals surface area (Å²) >= 11 is 5.98. The van der Waals surface area contributed by atoms with Gasteiger partial charge in [0.2, 0.25) is 5.91 Å². The van der Waals surface area contributed by atoms with Gasteiger partial charge >= 0.3 is 0 Å². The Hall–Kier alpha value is -1.98. The van der Waals surface area contributed by atoms with Crippen molar-refractivity contribution in [3.8, 4) is 0 Å². The van der Waals surface area contributed by atoms with E-state index in [2.05, 4.69) is 10.6 Å². The van der Waals surface area contributed by atoms with Crippen LogP contribution in [0, 0.1) is 11.6 Å². The van der Waals surface area contributed by atoms with E-state index in [9.17, 15) is 13.6 Å². The van der Waals surface area contributed by atoms with E-state index < -0.39 is 17.5 Å². The minimum Gasteiger partial charge on any atom is -0.322 e. The molecule has 0 atom stereocenters. The molecule has 2 rings (SSSR count). The SMILES string of the molecule is O=C(CNCc1ccccc1Cl)Nc1ccc(F)cc1F. The number of benzene rings is 2. The first-order valence-corrected chi connectivity index (χ1v) is 6.63. The molecule has 0 saturated carbocycles. The van der Waals surface area contributed by atoms with Gasteiger partial charge in [0, 0.05) is 17.6 Å². The number of amides is 1. The van der Waals surface area contributed by atoms with E-state index >= 15 is 0 Å². The summed E-state index contributed by atoms with van der Waals surface area (Å²) in [6.07, 6.45) is 0. The minimum absolute atomic E-state index is 0.0119. The summed E-state index contributed by atoms with van der Waals surface area (Å²) in [4.78, 5) is 11.7. The van der Waals surface area contributed by atoms with Gasteiger partial charge in [0.15, 0.2) is 0 Å².